The van der Waals surface area contributed by atoms with E-state index in [0.29, 0.717) is 21.9 Å². The molecule has 0 aliphatic carbocycles. The lowest BCUT2D eigenvalue weighted by Crippen LogP contribution is -2.44. The molecule has 0 radical (unpaired) electrons. The highest BCUT2D eigenvalue weighted by Crippen LogP contribution is 2.36. The fourth-order valence-corrected chi connectivity index (χ4v) is 4.17. The van der Waals surface area contributed by atoms with E-state index in [0.717, 1.165) is 5.56 Å². The summed E-state index contributed by atoms with van der Waals surface area (Å²) in [6.45, 7) is 1.50. The molecular formula is C22H19N3O5S. The van der Waals surface area contributed by atoms with E-state index in [2.05, 4.69) is 10.3 Å². The maximum Gasteiger partial charge on any atom is 0.341 e. The molecule has 0 unspecified atom stereocenters. The van der Waals surface area contributed by atoms with Crippen LogP contribution < -0.4 is 15.0 Å². The summed E-state index contributed by atoms with van der Waals surface area (Å²) in [6.07, 6.45) is 1.52. The number of benzene rings is 1. The second-order valence-electron chi connectivity index (χ2n) is 6.58. The Labute approximate surface area is 182 Å². The number of hydrogen-bond acceptors (Lipinski definition) is 7. The molecule has 0 fully saturated rings. The van der Waals surface area contributed by atoms with Crippen molar-refractivity contribution < 1.29 is 23.9 Å². The number of thiophene rings is 1. The third-order valence-electron chi connectivity index (χ3n) is 4.57. The van der Waals surface area contributed by atoms with Crippen molar-refractivity contribution in [3.63, 3.8) is 0 Å². The highest BCUT2D eigenvalue weighted by Gasteiger charge is 2.29. The molecule has 3 heterocycles. The van der Waals surface area contributed by atoms with Crippen LogP contribution in [0.15, 0.2) is 54.0 Å². The fourth-order valence-electron chi connectivity index (χ4n) is 3.19. The predicted octanol–water partition coefficient (Wildman–Crippen LogP) is 3.35. The van der Waals surface area contributed by atoms with Gasteiger partial charge in [-0.2, -0.15) is 0 Å². The van der Waals surface area contributed by atoms with Gasteiger partial charge in [0.2, 0.25) is 5.91 Å². The first-order valence-corrected chi connectivity index (χ1v) is 10.5. The van der Waals surface area contributed by atoms with Crippen LogP contribution in [0.3, 0.4) is 0 Å². The van der Waals surface area contributed by atoms with Crippen molar-refractivity contribution in [1.82, 2.24) is 4.98 Å². The Morgan fingerprint density at radius 2 is 2.03 bits per heavy atom. The average Bonchev–Trinajstić information content (AvgIpc) is 3.20. The Balaban J connectivity index is 1.59. The standard InChI is InChI=1S/C22H19N3O5S/c1-2-29-22(28)19-15(14-7-4-3-5-8-14)13-31-21(19)24-17(26)11-25-18(27)12-30-16-9-6-10-23-20(16)25/h3-10,13H,2,11-12H2,1H3,(H,24,26). The number of ether oxygens (including phenoxy) is 2. The summed E-state index contributed by atoms with van der Waals surface area (Å²) < 4.78 is 10.6. The fraction of sp³-hybridized carbons (Fsp3) is 0.182. The summed E-state index contributed by atoms with van der Waals surface area (Å²) in [5, 5.41) is 4.92. The van der Waals surface area contributed by atoms with Gasteiger partial charge in [0, 0.05) is 17.1 Å². The molecule has 8 nitrogen and oxygen atoms in total. The number of hydrogen-bond donors (Lipinski definition) is 1. The zero-order valence-corrected chi connectivity index (χ0v) is 17.5. The van der Waals surface area contributed by atoms with Crippen LogP contribution in [0.2, 0.25) is 0 Å². The van der Waals surface area contributed by atoms with Crippen molar-refractivity contribution in [3.05, 3.63) is 59.6 Å². The first kappa shape index (κ1) is 20.5. The normalized spacial score (nSPS) is 12.7. The lowest BCUT2D eigenvalue weighted by atomic mass is 10.0. The summed E-state index contributed by atoms with van der Waals surface area (Å²) in [7, 11) is 0. The van der Waals surface area contributed by atoms with E-state index in [-0.39, 0.29) is 31.5 Å². The molecular weight excluding hydrogens is 418 g/mol. The Kier molecular flexibility index (Phi) is 5.94. The summed E-state index contributed by atoms with van der Waals surface area (Å²) in [4.78, 5) is 43.2. The SMILES string of the molecule is CCOC(=O)c1c(-c2ccccc2)csc1NC(=O)CN1C(=O)COc2cccnc21. The molecule has 0 bridgehead atoms. The molecule has 31 heavy (non-hydrogen) atoms. The topological polar surface area (TPSA) is 97.8 Å². The molecule has 2 amide bonds. The van der Waals surface area contributed by atoms with Gasteiger partial charge in [-0.15, -0.1) is 11.3 Å². The third kappa shape index (κ3) is 4.26. The quantitative estimate of drug-likeness (QED) is 0.594. The molecule has 0 saturated heterocycles. The van der Waals surface area contributed by atoms with E-state index in [1.165, 1.54) is 22.4 Å². The van der Waals surface area contributed by atoms with Crippen molar-refractivity contribution in [2.24, 2.45) is 0 Å². The highest BCUT2D eigenvalue weighted by molar-refractivity contribution is 7.15. The van der Waals surface area contributed by atoms with Gasteiger partial charge in [-0.1, -0.05) is 30.3 Å². The summed E-state index contributed by atoms with van der Waals surface area (Å²) in [5.74, 6) is -0.630. The van der Waals surface area contributed by atoms with E-state index in [9.17, 15) is 14.4 Å². The number of rotatable bonds is 6. The Hall–Kier alpha value is -3.72. The van der Waals surface area contributed by atoms with Crippen LogP contribution in [0, 0.1) is 0 Å². The van der Waals surface area contributed by atoms with Crippen LogP contribution in [0.4, 0.5) is 10.8 Å². The molecule has 2 aromatic heterocycles. The number of carbonyl (C=O) groups is 3. The van der Waals surface area contributed by atoms with E-state index in [1.54, 1.807) is 24.4 Å². The number of amides is 2. The van der Waals surface area contributed by atoms with Crippen molar-refractivity contribution >= 4 is 39.9 Å². The molecule has 0 spiro atoms. The Bertz CT molecular complexity index is 1130. The molecule has 1 aliphatic heterocycles. The second kappa shape index (κ2) is 8.97. The molecule has 1 aliphatic rings. The van der Waals surface area contributed by atoms with Crippen molar-refractivity contribution in [2.75, 3.05) is 30.0 Å². The number of carbonyl (C=O) groups excluding carboxylic acids is 3. The number of esters is 1. The minimum atomic E-state index is -0.521. The highest BCUT2D eigenvalue weighted by atomic mass is 32.1. The zero-order chi connectivity index (χ0) is 21.8. The van der Waals surface area contributed by atoms with Crippen LogP contribution in [-0.2, 0) is 14.3 Å². The number of fused-ring (bicyclic) bond motifs is 1. The predicted molar refractivity (Wildman–Crippen MR) is 116 cm³/mol. The van der Waals surface area contributed by atoms with Gasteiger partial charge >= 0.3 is 5.97 Å². The minimum absolute atomic E-state index is 0.169. The number of aromatic nitrogens is 1. The van der Waals surface area contributed by atoms with E-state index < -0.39 is 11.9 Å². The van der Waals surface area contributed by atoms with Gasteiger partial charge in [-0.25, -0.2) is 9.78 Å². The second-order valence-corrected chi connectivity index (χ2v) is 7.46. The van der Waals surface area contributed by atoms with E-state index in [4.69, 9.17) is 9.47 Å². The zero-order valence-electron chi connectivity index (χ0n) is 16.7. The number of nitrogens with one attached hydrogen (secondary N) is 1. The number of nitrogens with zero attached hydrogens (tertiary/aromatic N) is 2. The lowest BCUT2D eigenvalue weighted by Gasteiger charge is -2.27. The minimum Gasteiger partial charge on any atom is -0.480 e. The van der Waals surface area contributed by atoms with Gasteiger partial charge in [0.15, 0.2) is 18.2 Å². The van der Waals surface area contributed by atoms with E-state index in [1.807, 2.05) is 30.3 Å². The summed E-state index contributed by atoms with van der Waals surface area (Å²) >= 11 is 1.23. The van der Waals surface area contributed by atoms with Gasteiger partial charge in [0.25, 0.3) is 5.91 Å². The molecule has 0 saturated carbocycles. The summed E-state index contributed by atoms with van der Waals surface area (Å²) in [5.41, 5.74) is 1.80. The maximum absolute atomic E-state index is 12.8. The molecule has 0 atom stereocenters. The van der Waals surface area contributed by atoms with Gasteiger partial charge in [0.05, 0.1) is 6.61 Å². The van der Waals surface area contributed by atoms with Crippen LogP contribution in [0.25, 0.3) is 11.1 Å². The molecule has 158 valence electrons. The molecule has 4 rings (SSSR count). The smallest absolute Gasteiger partial charge is 0.341 e. The Morgan fingerprint density at radius 3 is 2.81 bits per heavy atom. The van der Waals surface area contributed by atoms with Crippen molar-refractivity contribution in [2.45, 2.75) is 6.92 Å². The largest absolute Gasteiger partial charge is 0.480 e. The number of pyridine rings is 1. The molecule has 9 heteroatoms. The van der Waals surface area contributed by atoms with Crippen LogP contribution in [-0.4, -0.2) is 42.5 Å². The first-order valence-electron chi connectivity index (χ1n) is 9.60. The molecule has 1 N–H and O–H groups in total. The Morgan fingerprint density at radius 1 is 1.23 bits per heavy atom. The van der Waals surface area contributed by atoms with Gasteiger partial charge < -0.3 is 14.8 Å². The van der Waals surface area contributed by atoms with E-state index >= 15 is 0 Å². The van der Waals surface area contributed by atoms with Crippen LogP contribution in [0.5, 0.6) is 5.75 Å². The molecule has 1 aromatic carbocycles. The first-order chi connectivity index (χ1) is 15.1. The molecule has 3 aromatic rings. The van der Waals surface area contributed by atoms with Crippen LogP contribution >= 0.6 is 11.3 Å². The lowest BCUT2D eigenvalue weighted by molar-refractivity contribution is -0.123. The van der Waals surface area contributed by atoms with Gasteiger partial charge in [-0.3, -0.25) is 14.5 Å². The maximum atomic E-state index is 12.8. The van der Waals surface area contributed by atoms with Crippen LogP contribution in [0.1, 0.15) is 17.3 Å². The monoisotopic (exact) mass is 437 g/mol. The third-order valence-corrected chi connectivity index (χ3v) is 5.46. The van der Waals surface area contributed by atoms with Gasteiger partial charge in [0.1, 0.15) is 17.1 Å². The average molecular weight is 437 g/mol. The van der Waals surface area contributed by atoms with Crippen molar-refractivity contribution in [1.29, 1.82) is 0 Å². The van der Waals surface area contributed by atoms with Gasteiger partial charge in [-0.05, 0) is 24.6 Å². The summed E-state index contributed by atoms with van der Waals surface area (Å²) in [6, 6.07) is 12.8. The number of anilines is 2. The van der Waals surface area contributed by atoms with Crippen molar-refractivity contribution in [3.8, 4) is 16.9 Å².